The van der Waals surface area contributed by atoms with E-state index in [-0.39, 0.29) is 11.7 Å². The summed E-state index contributed by atoms with van der Waals surface area (Å²) in [5.41, 5.74) is 8.52. The van der Waals surface area contributed by atoms with Crippen molar-refractivity contribution in [2.75, 3.05) is 12.8 Å². The summed E-state index contributed by atoms with van der Waals surface area (Å²) in [6.45, 7) is 1.54. The van der Waals surface area contributed by atoms with Gasteiger partial charge in [-0.15, -0.1) is 5.10 Å². The number of carbonyl (C=O) groups excluding carboxylic acids is 1. The van der Waals surface area contributed by atoms with Gasteiger partial charge < -0.3 is 10.5 Å². The van der Waals surface area contributed by atoms with Crippen molar-refractivity contribution in [2.45, 2.75) is 6.92 Å². The highest BCUT2D eigenvalue weighted by molar-refractivity contribution is 5.95. The lowest BCUT2D eigenvalue weighted by Gasteiger charge is -2.08. The van der Waals surface area contributed by atoms with E-state index in [1.54, 1.807) is 23.8 Å². The molecule has 0 atom stereocenters. The van der Waals surface area contributed by atoms with Crippen LogP contribution in [0.3, 0.4) is 0 Å². The fourth-order valence-electron chi connectivity index (χ4n) is 2.23. The van der Waals surface area contributed by atoms with Crippen LogP contribution in [0.4, 0.5) is 5.95 Å². The standard InChI is InChI=1S/C15H14N4O2/c1-9(20)10-4-3-5-11(8-10)12-6-7-13(21-2)14-17-15(16)18-19(12)14/h3-8H,1-2H3,(H2,16,18). The van der Waals surface area contributed by atoms with Crippen LogP contribution in [-0.2, 0) is 0 Å². The highest BCUT2D eigenvalue weighted by Gasteiger charge is 2.13. The Bertz CT molecular complexity index is 839. The van der Waals surface area contributed by atoms with E-state index >= 15 is 0 Å². The average molecular weight is 282 g/mol. The van der Waals surface area contributed by atoms with Crippen LogP contribution in [0.15, 0.2) is 36.4 Å². The zero-order valence-electron chi connectivity index (χ0n) is 11.7. The molecule has 0 aliphatic carbocycles. The van der Waals surface area contributed by atoms with Crippen molar-refractivity contribution >= 4 is 17.4 Å². The van der Waals surface area contributed by atoms with Crippen LogP contribution >= 0.6 is 0 Å². The number of Topliss-reactive ketones (excluding diaryl/α,β-unsaturated/α-hetero) is 1. The van der Waals surface area contributed by atoms with E-state index in [0.717, 1.165) is 11.3 Å². The number of ether oxygens (including phenoxy) is 1. The van der Waals surface area contributed by atoms with Gasteiger partial charge in [0.15, 0.2) is 17.2 Å². The van der Waals surface area contributed by atoms with Crippen LogP contribution in [0.25, 0.3) is 16.9 Å². The van der Waals surface area contributed by atoms with Crippen LogP contribution in [0.2, 0.25) is 0 Å². The summed E-state index contributed by atoms with van der Waals surface area (Å²) in [6.07, 6.45) is 0. The molecule has 6 heteroatoms. The lowest BCUT2D eigenvalue weighted by molar-refractivity contribution is 0.101. The molecule has 0 fully saturated rings. The van der Waals surface area contributed by atoms with Crippen LogP contribution in [0, 0.1) is 0 Å². The molecular weight excluding hydrogens is 268 g/mol. The number of ketones is 1. The number of anilines is 1. The molecule has 2 N–H and O–H groups in total. The number of fused-ring (bicyclic) bond motifs is 1. The summed E-state index contributed by atoms with van der Waals surface area (Å²) in [5.74, 6) is 0.772. The Balaban J connectivity index is 2.25. The summed E-state index contributed by atoms with van der Waals surface area (Å²) in [7, 11) is 1.57. The first-order chi connectivity index (χ1) is 10.1. The number of hydrogen-bond donors (Lipinski definition) is 1. The highest BCUT2D eigenvalue weighted by atomic mass is 16.5. The lowest BCUT2D eigenvalue weighted by Crippen LogP contribution is -1.98. The minimum Gasteiger partial charge on any atom is -0.493 e. The largest absolute Gasteiger partial charge is 0.493 e. The Labute approximate surface area is 121 Å². The number of aromatic nitrogens is 3. The third kappa shape index (κ3) is 2.20. The van der Waals surface area contributed by atoms with E-state index < -0.39 is 0 Å². The Hall–Kier alpha value is -2.89. The smallest absolute Gasteiger partial charge is 0.240 e. The molecule has 0 radical (unpaired) electrons. The zero-order valence-corrected chi connectivity index (χ0v) is 11.7. The predicted octanol–water partition coefficient (Wildman–Crippen LogP) is 2.19. The molecule has 6 nitrogen and oxygen atoms in total. The van der Waals surface area contributed by atoms with Gasteiger partial charge in [-0.25, -0.2) is 4.52 Å². The van der Waals surface area contributed by atoms with Gasteiger partial charge in [0.2, 0.25) is 5.95 Å². The highest BCUT2D eigenvalue weighted by Crippen LogP contribution is 2.27. The second-order valence-corrected chi connectivity index (χ2v) is 4.63. The fraction of sp³-hybridized carbons (Fsp3) is 0.133. The first kappa shape index (κ1) is 13.1. The van der Waals surface area contributed by atoms with E-state index in [1.165, 1.54) is 6.92 Å². The molecule has 1 aromatic carbocycles. The van der Waals surface area contributed by atoms with Crippen LogP contribution in [0.5, 0.6) is 5.75 Å². The average Bonchev–Trinajstić information content (AvgIpc) is 2.87. The van der Waals surface area contributed by atoms with E-state index in [0.29, 0.717) is 17.0 Å². The van der Waals surface area contributed by atoms with Crippen molar-refractivity contribution in [3.05, 3.63) is 42.0 Å². The van der Waals surface area contributed by atoms with Crippen LogP contribution in [0.1, 0.15) is 17.3 Å². The molecule has 0 unspecified atom stereocenters. The van der Waals surface area contributed by atoms with Gasteiger partial charge in [0.25, 0.3) is 0 Å². The summed E-state index contributed by atoms with van der Waals surface area (Å²) in [4.78, 5) is 15.7. The Morgan fingerprint density at radius 1 is 1.29 bits per heavy atom. The number of nitrogen functional groups attached to an aromatic ring is 1. The van der Waals surface area contributed by atoms with Crippen LogP contribution in [-0.4, -0.2) is 27.5 Å². The number of benzene rings is 1. The second kappa shape index (κ2) is 4.90. The van der Waals surface area contributed by atoms with Gasteiger partial charge >= 0.3 is 0 Å². The minimum absolute atomic E-state index is 0.0136. The van der Waals surface area contributed by atoms with E-state index in [1.807, 2.05) is 24.3 Å². The van der Waals surface area contributed by atoms with E-state index in [4.69, 9.17) is 10.5 Å². The molecular formula is C15H14N4O2. The van der Waals surface area contributed by atoms with E-state index in [2.05, 4.69) is 10.1 Å². The van der Waals surface area contributed by atoms with Crippen molar-refractivity contribution in [3.8, 4) is 17.0 Å². The van der Waals surface area contributed by atoms with Crippen molar-refractivity contribution in [3.63, 3.8) is 0 Å². The van der Waals surface area contributed by atoms with Crippen molar-refractivity contribution in [1.82, 2.24) is 14.6 Å². The predicted molar refractivity (Wildman–Crippen MR) is 79.4 cm³/mol. The summed E-state index contributed by atoms with van der Waals surface area (Å²) >= 11 is 0. The molecule has 21 heavy (non-hydrogen) atoms. The maximum Gasteiger partial charge on any atom is 0.240 e. The van der Waals surface area contributed by atoms with Gasteiger partial charge in [0.1, 0.15) is 0 Å². The number of pyridine rings is 1. The number of methoxy groups -OCH3 is 1. The minimum atomic E-state index is 0.0136. The maximum atomic E-state index is 11.5. The number of carbonyl (C=O) groups is 1. The monoisotopic (exact) mass is 282 g/mol. The molecule has 3 rings (SSSR count). The van der Waals surface area contributed by atoms with Gasteiger partial charge in [-0.05, 0) is 25.1 Å². The molecule has 2 heterocycles. The first-order valence-electron chi connectivity index (χ1n) is 6.41. The van der Waals surface area contributed by atoms with Crippen molar-refractivity contribution in [1.29, 1.82) is 0 Å². The zero-order chi connectivity index (χ0) is 15.0. The molecule has 0 bridgehead atoms. The molecule has 2 aromatic heterocycles. The van der Waals surface area contributed by atoms with Gasteiger partial charge in [-0.1, -0.05) is 18.2 Å². The topological polar surface area (TPSA) is 82.5 Å². The van der Waals surface area contributed by atoms with Gasteiger partial charge in [0, 0.05) is 11.1 Å². The number of nitrogens with two attached hydrogens (primary N) is 1. The quantitative estimate of drug-likeness (QED) is 0.744. The Morgan fingerprint density at radius 2 is 2.10 bits per heavy atom. The number of hydrogen-bond acceptors (Lipinski definition) is 5. The van der Waals surface area contributed by atoms with Crippen molar-refractivity contribution < 1.29 is 9.53 Å². The third-order valence-electron chi connectivity index (χ3n) is 3.25. The second-order valence-electron chi connectivity index (χ2n) is 4.63. The maximum absolute atomic E-state index is 11.5. The fourth-order valence-corrected chi connectivity index (χ4v) is 2.23. The molecule has 0 aliphatic heterocycles. The molecule has 0 saturated heterocycles. The SMILES string of the molecule is COc1ccc(-c2cccc(C(C)=O)c2)n2nc(N)nc12. The number of nitrogens with zero attached hydrogens (tertiary/aromatic N) is 3. The summed E-state index contributed by atoms with van der Waals surface area (Å²) < 4.78 is 6.88. The Kier molecular flexibility index (Phi) is 3.06. The van der Waals surface area contributed by atoms with Gasteiger partial charge in [-0.3, -0.25) is 4.79 Å². The molecule has 0 saturated carbocycles. The summed E-state index contributed by atoms with van der Waals surface area (Å²) in [5, 5.41) is 4.19. The molecule has 0 amide bonds. The molecule has 106 valence electrons. The number of rotatable bonds is 3. The lowest BCUT2D eigenvalue weighted by atomic mass is 10.1. The van der Waals surface area contributed by atoms with Gasteiger partial charge in [0.05, 0.1) is 12.8 Å². The molecule has 0 aliphatic rings. The van der Waals surface area contributed by atoms with Crippen molar-refractivity contribution in [2.24, 2.45) is 0 Å². The molecule has 0 spiro atoms. The summed E-state index contributed by atoms with van der Waals surface area (Å²) in [6, 6.07) is 11.0. The normalized spacial score (nSPS) is 10.8. The first-order valence-corrected chi connectivity index (χ1v) is 6.41. The Morgan fingerprint density at radius 3 is 2.81 bits per heavy atom. The third-order valence-corrected chi connectivity index (χ3v) is 3.25. The van der Waals surface area contributed by atoms with E-state index in [9.17, 15) is 4.79 Å². The molecule has 3 aromatic rings. The van der Waals surface area contributed by atoms with Gasteiger partial charge in [-0.2, -0.15) is 4.98 Å². The van der Waals surface area contributed by atoms with Crippen LogP contribution < -0.4 is 10.5 Å².